The number of pyridine rings is 2. The Morgan fingerprint density at radius 2 is 1.83 bits per heavy atom. The molecule has 0 fully saturated rings. The summed E-state index contributed by atoms with van der Waals surface area (Å²) in [7, 11) is 0. The molecule has 0 saturated heterocycles. The number of aromatic nitrogens is 4. The molecule has 3 rings (SSSR count). The zero-order valence-electron chi connectivity index (χ0n) is 17.2. The molecular formula is C21H25N7O2. The van der Waals surface area contributed by atoms with Crippen molar-refractivity contribution in [2.24, 2.45) is 0 Å². The first-order valence-electron chi connectivity index (χ1n) is 9.56. The number of hydrogen-bond donors (Lipinski definition) is 3. The number of nitrogens with one attached hydrogen (secondary N) is 3. The molecule has 0 aliphatic carbocycles. The summed E-state index contributed by atoms with van der Waals surface area (Å²) in [6.07, 6.45) is 6.13. The predicted molar refractivity (Wildman–Crippen MR) is 116 cm³/mol. The molecule has 9 heteroatoms. The minimum Gasteiger partial charge on any atom is -0.444 e. The number of nitrogens with zero attached hydrogens (tertiary/aromatic N) is 4. The quantitative estimate of drug-likeness (QED) is 0.509. The topological polar surface area (TPSA) is 114 Å². The third-order valence-electron chi connectivity index (χ3n) is 3.72. The number of hydrogen-bond acceptors (Lipinski definition) is 8. The second-order valence-corrected chi connectivity index (χ2v) is 7.41. The highest BCUT2D eigenvalue weighted by Crippen LogP contribution is 2.21. The van der Waals surface area contributed by atoms with Gasteiger partial charge < -0.3 is 20.7 Å². The summed E-state index contributed by atoms with van der Waals surface area (Å²) in [5.74, 6) is 1.98. The van der Waals surface area contributed by atoms with Gasteiger partial charge in [0.25, 0.3) is 0 Å². The molecule has 0 radical (unpaired) electrons. The number of carbonyl (C=O) groups excluding carboxylic acids is 1. The van der Waals surface area contributed by atoms with E-state index in [-0.39, 0.29) is 0 Å². The molecule has 156 valence electrons. The molecule has 3 aromatic heterocycles. The van der Waals surface area contributed by atoms with Crippen molar-refractivity contribution in [3.8, 4) is 11.3 Å². The third kappa shape index (κ3) is 6.69. The van der Waals surface area contributed by atoms with E-state index >= 15 is 0 Å². The SMILES string of the molecule is CC(C)(C)OC(=O)NCCNc1cc(-c2cccc(Nc3cnccn3)n2)ccn1. The van der Waals surface area contributed by atoms with Crippen LogP contribution in [0.5, 0.6) is 0 Å². The summed E-state index contributed by atoms with van der Waals surface area (Å²) in [6.45, 7) is 6.40. The molecule has 0 unspecified atom stereocenters. The number of anilines is 3. The standard InChI is InChI=1S/C21H25N7O2/c1-21(2,3)30-20(29)26-12-11-24-18-13-15(7-8-23-18)16-5-4-6-17(27-16)28-19-14-22-9-10-25-19/h4-10,13-14H,11-12H2,1-3H3,(H,23,24)(H,26,29)(H,25,27,28). The Hall–Kier alpha value is -3.75. The molecule has 0 bridgehead atoms. The maximum atomic E-state index is 11.7. The molecule has 3 aromatic rings. The maximum Gasteiger partial charge on any atom is 0.407 e. The van der Waals surface area contributed by atoms with E-state index < -0.39 is 11.7 Å². The van der Waals surface area contributed by atoms with Crippen molar-refractivity contribution in [3.63, 3.8) is 0 Å². The van der Waals surface area contributed by atoms with E-state index in [1.165, 1.54) is 0 Å². The minimum absolute atomic E-state index is 0.413. The number of amides is 1. The van der Waals surface area contributed by atoms with Crippen LogP contribution >= 0.6 is 0 Å². The van der Waals surface area contributed by atoms with Crippen LogP contribution in [0.15, 0.2) is 55.1 Å². The van der Waals surface area contributed by atoms with Crippen LogP contribution in [0.25, 0.3) is 11.3 Å². The van der Waals surface area contributed by atoms with E-state index in [1.807, 2.05) is 51.1 Å². The molecule has 0 aromatic carbocycles. The van der Waals surface area contributed by atoms with E-state index in [0.717, 1.165) is 11.3 Å². The zero-order chi connectivity index (χ0) is 21.4. The first-order chi connectivity index (χ1) is 14.4. The van der Waals surface area contributed by atoms with Gasteiger partial charge in [-0.2, -0.15) is 0 Å². The summed E-state index contributed by atoms with van der Waals surface area (Å²) in [4.78, 5) is 28.8. The third-order valence-corrected chi connectivity index (χ3v) is 3.72. The molecule has 0 saturated carbocycles. The summed E-state index contributed by atoms with van der Waals surface area (Å²) < 4.78 is 5.20. The van der Waals surface area contributed by atoms with Crippen molar-refractivity contribution in [3.05, 3.63) is 55.1 Å². The average molecular weight is 407 g/mol. The van der Waals surface area contributed by atoms with Crippen molar-refractivity contribution in [1.82, 2.24) is 25.3 Å². The Kier molecular flexibility index (Phi) is 6.74. The molecule has 0 aliphatic heterocycles. The lowest BCUT2D eigenvalue weighted by Crippen LogP contribution is -2.35. The first-order valence-corrected chi connectivity index (χ1v) is 9.56. The van der Waals surface area contributed by atoms with E-state index in [4.69, 9.17) is 4.74 Å². The highest BCUT2D eigenvalue weighted by Gasteiger charge is 2.15. The normalized spacial score (nSPS) is 10.9. The fourth-order valence-corrected chi connectivity index (χ4v) is 2.52. The van der Waals surface area contributed by atoms with Crippen molar-refractivity contribution in [2.75, 3.05) is 23.7 Å². The van der Waals surface area contributed by atoms with Crippen LogP contribution in [-0.2, 0) is 4.74 Å². The fourth-order valence-electron chi connectivity index (χ4n) is 2.52. The smallest absolute Gasteiger partial charge is 0.407 e. The fraction of sp³-hybridized carbons (Fsp3) is 0.286. The van der Waals surface area contributed by atoms with Gasteiger partial charge in [0.2, 0.25) is 0 Å². The van der Waals surface area contributed by atoms with Crippen molar-refractivity contribution in [2.45, 2.75) is 26.4 Å². The van der Waals surface area contributed by atoms with Crippen LogP contribution in [0.1, 0.15) is 20.8 Å². The summed E-state index contributed by atoms with van der Waals surface area (Å²) in [6, 6.07) is 9.49. The number of carbonyl (C=O) groups is 1. The number of rotatable bonds is 7. The molecule has 0 spiro atoms. The van der Waals surface area contributed by atoms with Gasteiger partial charge in [-0.1, -0.05) is 6.07 Å². The predicted octanol–water partition coefficient (Wildman–Crippen LogP) is 3.61. The molecule has 30 heavy (non-hydrogen) atoms. The van der Waals surface area contributed by atoms with E-state index in [9.17, 15) is 4.79 Å². The zero-order valence-corrected chi connectivity index (χ0v) is 17.2. The molecule has 0 atom stereocenters. The van der Waals surface area contributed by atoms with Gasteiger partial charge >= 0.3 is 6.09 Å². The van der Waals surface area contributed by atoms with Gasteiger partial charge in [0.05, 0.1) is 11.9 Å². The van der Waals surface area contributed by atoms with E-state index in [1.54, 1.807) is 24.8 Å². The number of ether oxygens (including phenoxy) is 1. The van der Waals surface area contributed by atoms with Crippen molar-refractivity contribution < 1.29 is 9.53 Å². The molecule has 3 N–H and O–H groups in total. The van der Waals surface area contributed by atoms with Crippen LogP contribution in [-0.4, -0.2) is 44.7 Å². The Morgan fingerprint density at radius 3 is 2.60 bits per heavy atom. The highest BCUT2D eigenvalue weighted by molar-refractivity contribution is 5.68. The van der Waals surface area contributed by atoms with E-state index in [0.29, 0.717) is 30.5 Å². The Labute approximate surface area is 175 Å². The van der Waals surface area contributed by atoms with Gasteiger partial charge in [-0.05, 0) is 45.0 Å². The highest BCUT2D eigenvalue weighted by atomic mass is 16.6. The second kappa shape index (κ2) is 9.64. The minimum atomic E-state index is -0.517. The van der Waals surface area contributed by atoms with Gasteiger partial charge in [-0.15, -0.1) is 0 Å². The molecule has 0 aliphatic rings. The van der Waals surface area contributed by atoms with Crippen molar-refractivity contribution >= 4 is 23.5 Å². The average Bonchev–Trinajstić information content (AvgIpc) is 2.71. The van der Waals surface area contributed by atoms with Crippen LogP contribution in [0.4, 0.5) is 22.2 Å². The molecule has 1 amide bonds. The molecule has 3 heterocycles. The lowest BCUT2D eigenvalue weighted by atomic mass is 10.1. The summed E-state index contributed by atoms with van der Waals surface area (Å²) in [5.41, 5.74) is 1.19. The largest absolute Gasteiger partial charge is 0.444 e. The van der Waals surface area contributed by atoms with Crippen LogP contribution < -0.4 is 16.0 Å². The van der Waals surface area contributed by atoms with Crippen LogP contribution in [0.3, 0.4) is 0 Å². The molecule has 9 nitrogen and oxygen atoms in total. The molecular weight excluding hydrogens is 382 g/mol. The second-order valence-electron chi connectivity index (χ2n) is 7.41. The summed E-state index contributed by atoms with van der Waals surface area (Å²) >= 11 is 0. The van der Waals surface area contributed by atoms with E-state index in [2.05, 4.69) is 35.9 Å². The van der Waals surface area contributed by atoms with Gasteiger partial charge in [0, 0.05) is 37.2 Å². The first kappa shape index (κ1) is 21.0. The maximum absolute atomic E-state index is 11.7. The lowest BCUT2D eigenvalue weighted by molar-refractivity contribution is 0.0530. The Morgan fingerprint density at radius 1 is 1.00 bits per heavy atom. The summed E-state index contributed by atoms with van der Waals surface area (Å²) in [5, 5.41) is 9.02. The Bertz CT molecular complexity index is 974. The van der Waals surface area contributed by atoms with Crippen LogP contribution in [0.2, 0.25) is 0 Å². The lowest BCUT2D eigenvalue weighted by Gasteiger charge is -2.19. The van der Waals surface area contributed by atoms with Gasteiger partial charge in [0.1, 0.15) is 23.1 Å². The van der Waals surface area contributed by atoms with Gasteiger partial charge in [-0.25, -0.2) is 19.7 Å². The number of alkyl carbamates (subject to hydrolysis) is 1. The van der Waals surface area contributed by atoms with Crippen LogP contribution in [0, 0.1) is 0 Å². The van der Waals surface area contributed by atoms with Gasteiger partial charge in [0.15, 0.2) is 0 Å². The van der Waals surface area contributed by atoms with Crippen molar-refractivity contribution in [1.29, 1.82) is 0 Å². The Balaban J connectivity index is 1.57. The monoisotopic (exact) mass is 407 g/mol. The van der Waals surface area contributed by atoms with Gasteiger partial charge in [-0.3, -0.25) is 4.98 Å².